The monoisotopic (exact) mass is 296 g/mol. The molecule has 0 saturated carbocycles. The predicted octanol–water partition coefficient (Wildman–Crippen LogP) is 1.25. The maximum absolute atomic E-state index is 12.0. The molecule has 0 bridgehead atoms. The van der Waals surface area contributed by atoms with Gasteiger partial charge in [-0.2, -0.15) is 5.21 Å². The van der Waals surface area contributed by atoms with Crippen LogP contribution in [0, 0.1) is 10.1 Å². The van der Waals surface area contributed by atoms with E-state index in [9.17, 15) is 14.9 Å². The van der Waals surface area contributed by atoms with Crippen LogP contribution in [-0.4, -0.2) is 31.5 Å². The first kappa shape index (κ1) is 13.9. The first-order valence-electron chi connectivity index (χ1n) is 5.47. The Hall–Kier alpha value is -2.55. The topological polar surface area (TPSA) is 127 Å². The van der Waals surface area contributed by atoms with Gasteiger partial charge in [-0.3, -0.25) is 14.9 Å². The van der Waals surface area contributed by atoms with Crippen molar-refractivity contribution < 1.29 is 9.72 Å². The number of nitro benzene ring substituents is 1. The Morgan fingerprint density at radius 1 is 1.55 bits per heavy atom. The van der Waals surface area contributed by atoms with Gasteiger partial charge in [-0.05, 0) is 19.1 Å². The standard InChI is InChI=1S/C10H9ClN6O3/c1-5(9-13-15-16-14-9)12-10(18)6-2-3-7(11)8(4-6)17(19)20/h2-5H,1H3,(H,12,18)(H,13,14,15,16). The van der Waals surface area contributed by atoms with Crippen LogP contribution in [0.2, 0.25) is 5.02 Å². The lowest BCUT2D eigenvalue weighted by molar-refractivity contribution is -0.384. The van der Waals surface area contributed by atoms with Crippen molar-refractivity contribution in [2.24, 2.45) is 0 Å². The zero-order valence-corrected chi connectivity index (χ0v) is 11.0. The van der Waals surface area contributed by atoms with Crippen LogP contribution >= 0.6 is 11.6 Å². The smallest absolute Gasteiger partial charge is 0.288 e. The molecule has 0 aliphatic heterocycles. The molecule has 2 rings (SSSR count). The van der Waals surface area contributed by atoms with Crippen LogP contribution in [0.15, 0.2) is 18.2 Å². The van der Waals surface area contributed by atoms with Crippen LogP contribution in [0.4, 0.5) is 5.69 Å². The molecule has 104 valence electrons. The molecule has 0 saturated heterocycles. The second-order valence-electron chi connectivity index (χ2n) is 3.89. The van der Waals surface area contributed by atoms with Crippen LogP contribution in [0.25, 0.3) is 0 Å². The lowest BCUT2D eigenvalue weighted by atomic mass is 10.1. The molecule has 1 heterocycles. The molecule has 1 atom stereocenters. The molecule has 1 aromatic heterocycles. The normalized spacial score (nSPS) is 11.9. The van der Waals surface area contributed by atoms with Gasteiger partial charge in [0, 0.05) is 11.6 Å². The number of carbonyl (C=O) groups excluding carboxylic acids is 1. The van der Waals surface area contributed by atoms with Crippen molar-refractivity contribution in [3.8, 4) is 0 Å². The number of amides is 1. The fourth-order valence-electron chi connectivity index (χ4n) is 1.49. The highest BCUT2D eigenvalue weighted by Gasteiger charge is 2.19. The Labute approximate surface area is 117 Å². The van der Waals surface area contributed by atoms with Gasteiger partial charge in [-0.15, -0.1) is 10.2 Å². The first-order valence-corrected chi connectivity index (χ1v) is 5.85. The van der Waals surface area contributed by atoms with Crippen molar-refractivity contribution in [3.05, 3.63) is 44.7 Å². The van der Waals surface area contributed by atoms with Crippen molar-refractivity contribution >= 4 is 23.2 Å². The number of aromatic nitrogens is 4. The van der Waals surface area contributed by atoms with Crippen molar-refractivity contribution in [2.45, 2.75) is 13.0 Å². The lowest BCUT2D eigenvalue weighted by Gasteiger charge is -2.09. The van der Waals surface area contributed by atoms with E-state index >= 15 is 0 Å². The van der Waals surface area contributed by atoms with Gasteiger partial charge in [0.2, 0.25) is 0 Å². The average molecular weight is 297 g/mol. The largest absolute Gasteiger partial charge is 0.342 e. The fourth-order valence-corrected chi connectivity index (χ4v) is 1.68. The van der Waals surface area contributed by atoms with E-state index in [0.717, 1.165) is 6.07 Å². The Morgan fingerprint density at radius 3 is 2.90 bits per heavy atom. The maximum Gasteiger partial charge on any atom is 0.288 e. The molecule has 0 radical (unpaired) electrons. The van der Waals surface area contributed by atoms with Crippen LogP contribution in [0.1, 0.15) is 29.1 Å². The number of halogens is 1. The summed E-state index contributed by atoms with van der Waals surface area (Å²) in [7, 11) is 0. The fraction of sp³-hybridized carbons (Fsp3) is 0.200. The van der Waals surface area contributed by atoms with Gasteiger partial charge in [0.25, 0.3) is 11.6 Å². The van der Waals surface area contributed by atoms with E-state index in [1.807, 2.05) is 0 Å². The van der Waals surface area contributed by atoms with E-state index in [1.165, 1.54) is 12.1 Å². The second kappa shape index (κ2) is 5.61. The zero-order chi connectivity index (χ0) is 14.7. The third-order valence-electron chi connectivity index (χ3n) is 2.50. The van der Waals surface area contributed by atoms with E-state index in [1.54, 1.807) is 6.92 Å². The molecule has 0 aliphatic carbocycles. The number of nitro groups is 1. The number of benzene rings is 1. The Balaban J connectivity index is 2.17. The first-order chi connectivity index (χ1) is 9.49. The minimum atomic E-state index is -0.651. The van der Waals surface area contributed by atoms with Crippen LogP contribution in [-0.2, 0) is 0 Å². The van der Waals surface area contributed by atoms with Crippen molar-refractivity contribution in [3.63, 3.8) is 0 Å². The Bertz CT molecular complexity index is 644. The van der Waals surface area contributed by atoms with Gasteiger partial charge in [0.05, 0.1) is 11.0 Å². The third kappa shape index (κ3) is 2.88. The van der Waals surface area contributed by atoms with Crippen molar-refractivity contribution in [1.82, 2.24) is 25.9 Å². The van der Waals surface area contributed by atoms with Crippen LogP contribution < -0.4 is 5.32 Å². The zero-order valence-electron chi connectivity index (χ0n) is 10.2. The maximum atomic E-state index is 12.0. The molecule has 2 N–H and O–H groups in total. The number of H-pyrrole nitrogens is 1. The van der Waals surface area contributed by atoms with Gasteiger partial charge in [-0.25, -0.2) is 0 Å². The van der Waals surface area contributed by atoms with Gasteiger partial charge in [-0.1, -0.05) is 16.8 Å². The van der Waals surface area contributed by atoms with E-state index in [0.29, 0.717) is 5.82 Å². The molecule has 0 aliphatic rings. The number of hydrogen-bond donors (Lipinski definition) is 2. The van der Waals surface area contributed by atoms with Crippen LogP contribution in [0.3, 0.4) is 0 Å². The molecule has 0 fully saturated rings. The molecule has 9 nitrogen and oxygen atoms in total. The summed E-state index contributed by atoms with van der Waals surface area (Å²) in [5.74, 6) is -0.191. The van der Waals surface area contributed by atoms with Gasteiger partial charge in [0.15, 0.2) is 5.82 Å². The number of nitrogens with zero attached hydrogens (tertiary/aromatic N) is 4. The molecular weight excluding hydrogens is 288 g/mol. The molecule has 20 heavy (non-hydrogen) atoms. The Kier molecular flexibility index (Phi) is 3.89. The van der Waals surface area contributed by atoms with Gasteiger partial charge in [0.1, 0.15) is 5.02 Å². The summed E-state index contributed by atoms with van der Waals surface area (Å²) >= 11 is 5.68. The number of tetrazole rings is 1. The van der Waals surface area contributed by atoms with E-state index in [2.05, 4.69) is 25.9 Å². The molecule has 1 aromatic carbocycles. The van der Waals surface area contributed by atoms with Gasteiger partial charge < -0.3 is 5.32 Å². The summed E-state index contributed by atoms with van der Waals surface area (Å²) in [5, 5.41) is 26.4. The van der Waals surface area contributed by atoms with Crippen molar-refractivity contribution in [2.75, 3.05) is 0 Å². The minimum Gasteiger partial charge on any atom is -0.342 e. The van der Waals surface area contributed by atoms with E-state index in [-0.39, 0.29) is 16.3 Å². The number of nitrogens with one attached hydrogen (secondary N) is 2. The molecule has 1 unspecified atom stereocenters. The number of hydrogen-bond acceptors (Lipinski definition) is 6. The average Bonchev–Trinajstić information content (AvgIpc) is 2.92. The van der Waals surface area contributed by atoms with E-state index in [4.69, 9.17) is 11.6 Å². The SMILES string of the molecule is CC(NC(=O)c1ccc(Cl)c([N+](=O)[O-])c1)c1nn[nH]n1. The summed E-state index contributed by atoms with van der Waals surface area (Å²) < 4.78 is 0. The summed E-state index contributed by atoms with van der Waals surface area (Å²) in [6.45, 7) is 1.66. The van der Waals surface area contributed by atoms with E-state index < -0.39 is 16.9 Å². The molecule has 1 amide bonds. The van der Waals surface area contributed by atoms with Crippen LogP contribution in [0.5, 0.6) is 0 Å². The molecule has 0 spiro atoms. The highest BCUT2D eigenvalue weighted by atomic mass is 35.5. The van der Waals surface area contributed by atoms with Gasteiger partial charge >= 0.3 is 0 Å². The summed E-state index contributed by atoms with van der Waals surface area (Å²) in [6.07, 6.45) is 0. The Morgan fingerprint density at radius 2 is 2.30 bits per heavy atom. The predicted molar refractivity (Wildman–Crippen MR) is 68.2 cm³/mol. The minimum absolute atomic E-state index is 0.0298. The molecular formula is C10H9ClN6O3. The summed E-state index contributed by atoms with van der Waals surface area (Å²) in [6, 6.07) is 3.32. The number of rotatable bonds is 4. The third-order valence-corrected chi connectivity index (χ3v) is 2.82. The number of aromatic amines is 1. The highest BCUT2D eigenvalue weighted by molar-refractivity contribution is 6.32. The lowest BCUT2D eigenvalue weighted by Crippen LogP contribution is -2.27. The number of carbonyl (C=O) groups is 1. The quantitative estimate of drug-likeness (QED) is 0.645. The summed E-state index contributed by atoms with van der Waals surface area (Å²) in [5.41, 5.74) is -0.206. The molecule has 10 heteroatoms. The van der Waals surface area contributed by atoms with Crippen molar-refractivity contribution in [1.29, 1.82) is 0 Å². The molecule has 2 aromatic rings. The summed E-state index contributed by atoms with van der Waals surface area (Å²) in [4.78, 5) is 22.1. The highest BCUT2D eigenvalue weighted by Crippen LogP contribution is 2.25. The second-order valence-corrected chi connectivity index (χ2v) is 4.30.